The van der Waals surface area contributed by atoms with Gasteiger partial charge >= 0.3 is 0 Å². The minimum atomic E-state index is -0.0764. The van der Waals surface area contributed by atoms with Crippen molar-refractivity contribution in [2.75, 3.05) is 0 Å². The molecule has 0 aliphatic heterocycles. The van der Waals surface area contributed by atoms with E-state index in [9.17, 15) is 0 Å². The fourth-order valence-electron chi connectivity index (χ4n) is 6.20. The van der Waals surface area contributed by atoms with Crippen LogP contribution in [0.25, 0.3) is 0 Å². The van der Waals surface area contributed by atoms with Crippen LogP contribution in [0.3, 0.4) is 0 Å². The summed E-state index contributed by atoms with van der Waals surface area (Å²) < 4.78 is 0. The van der Waals surface area contributed by atoms with E-state index in [1.165, 1.54) is 19.3 Å². The fraction of sp³-hybridized carbons (Fsp3) is 1.00. The van der Waals surface area contributed by atoms with Gasteiger partial charge in [-0.3, -0.25) is 0 Å². The Balaban J connectivity index is 2.12. The monoisotopic (exact) mass is 208 g/mol. The molecule has 2 heteroatoms. The number of hydrogen-bond donors (Lipinski definition) is 2. The highest BCUT2D eigenvalue weighted by molar-refractivity contribution is 5.22. The zero-order chi connectivity index (χ0) is 11.1. The highest BCUT2D eigenvalue weighted by Crippen LogP contribution is 2.69. The smallest absolute Gasteiger partial charge is 0.0323 e. The first kappa shape index (κ1) is 10.1. The number of nitrogens with two attached hydrogens (primary N) is 2. The van der Waals surface area contributed by atoms with Crippen LogP contribution in [0.15, 0.2) is 0 Å². The van der Waals surface area contributed by atoms with Crippen LogP contribution in [0.4, 0.5) is 0 Å². The van der Waals surface area contributed by atoms with Gasteiger partial charge in [-0.2, -0.15) is 0 Å². The van der Waals surface area contributed by atoms with Crippen molar-refractivity contribution in [3.8, 4) is 0 Å². The van der Waals surface area contributed by atoms with Gasteiger partial charge in [-0.15, -0.1) is 0 Å². The quantitative estimate of drug-likeness (QED) is 0.640. The second-order valence-electron chi connectivity index (χ2n) is 7.87. The number of rotatable bonds is 0. The van der Waals surface area contributed by atoms with E-state index in [1.807, 2.05) is 0 Å². The van der Waals surface area contributed by atoms with Gasteiger partial charge in [0.1, 0.15) is 0 Å². The maximum atomic E-state index is 6.59. The zero-order valence-electron chi connectivity index (χ0n) is 10.3. The standard InChI is InChI=1S/C13H24N2/c1-10-4-11(2)6-12(3,5-10)9(14)13(15,7-10)8-11/h9H,4-8,14-15H2,1-3H3. The lowest BCUT2D eigenvalue weighted by molar-refractivity contribution is -0.160. The molecule has 4 N–H and O–H groups in total. The molecular formula is C13H24N2. The molecular weight excluding hydrogens is 184 g/mol. The molecule has 0 aromatic carbocycles. The molecule has 4 fully saturated rings. The van der Waals surface area contributed by atoms with Gasteiger partial charge < -0.3 is 11.5 Å². The molecule has 4 saturated carbocycles. The third-order valence-corrected chi connectivity index (χ3v) is 5.40. The van der Waals surface area contributed by atoms with E-state index in [0.717, 1.165) is 12.8 Å². The van der Waals surface area contributed by atoms with E-state index in [0.29, 0.717) is 16.2 Å². The predicted octanol–water partition coefficient (Wildman–Crippen LogP) is 2.02. The molecule has 4 aliphatic carbocycles. The van der Waals surface area contributed by atoms with Crippen molar-refractivity contribution in [3.05, 3.63) is 0 Å². The third-order valence-electron chi connectivity index (χ3n) is 5.40. The van der Waals surface area contributed by atoms with Crippen molar-refractivity contribution in [1.82, 2.24) is 0 Å². The van der Waals surface area contributed by atoms with Gasteiger partial charge in [0.15, 0.2) is 0 Å². The van der Waals surface area contributed by atoms with Crippen LogP contribution < -0.4 is 11.5 Å². The van der Waals surface area contributed by atoms with Crippen LogP contribution in [0.5, 0.6) is 0 Å². The molecule has 4 bridgehead atoms. The maximum absolute atomic E-state index is 6.59. The Bertz CT molecular complexity index is 278. The van der Waals surface area contributed by atoms with Gasteiger partial charge in [-0.1, -0.05) is 20.8 Å². The van der Waals surface area contributed by atoms with Gasteiger partial charge in [-0.05, 0) is 48.3 Å². The average Bonchev–Trinajstić information content (AvgIpc) is 1.93. The van der Waals surface area contributed by atoms with Crippen LogP contribution >= 0.6 is 0 Å². The molecule has 0 amide bonds. The van der Waals surface area contributed by atoms with Crippen LogP contribution in [0.2, 0.25) is 0 Å². The number of hydrogen-bond acceptors (Lipinski definition) is 2. The predicted molar refractivity (Wildman–Crippen MR) is 62.3 cm³/mol. The molecule has 0 saturated heterocycles. The summed E-state index contributed by atoms with van der Waals surface area (Å²) in [5.41, 5.74) is 14.2. The Morgan fingerprint density at radius 1 is 0.867 bits per heavy atom. The van der Waals surface area contributed by atoms with Crippen molar-refractivity contribution < 1.29 is 0 Å². The first-order valence-electron chi connectivity index (χ1n) is 6.23. The molecule has 2 nitrogen and oxygen atoms in total. The Hall–Kier alpha value is -0.0800. The first-order valence-corrected chi connectivity index (χ1v) is 6.23. The van der Waals surface area contributed by atoms with Crippen molar-refractivity contribution in [2.45, 2.75) is 64.5 Å². The highest BCUT2D eigenvalue weighted by Gasteiger charge is 2.66. The van der Waals surface area contributed by atoms with E-state index in [4.69, 9.17) is 11.5 Å². The van der Waals surface area contributed by atoms with E-state index in [2.05, 4.69) is 20.8 Å². The molecule has 3 atom stereocenters. The van der Waals surface area contributed by atoms with E-state index in [1.54, 1.807) is 0 Å². The molecule has 0 aromatic heterocycles. The molecule has 0 spiro atoms. The summed E-state index contributed by atoms with van der Waals surface area (Å²) in [7, 11) is 0. The summed E-state index contributed by atoms with van der Waals surface area (Å²) in [6.45, 7) is 7.22. The SMILES string of the molecule is CC12CC3(C)CC(C)(C1)C(N)C(N)(C2)C3. The summed E-state index contributed by atoms with van der Waals surface area (Å²) in [6.07, 6.45) is 6.23. The minimum absolute atomic E-state index is 0.0764. The van der Waals surface area contributed by atoms with E-state index >= 15 is 0 Å². The van der Waals surface area contributed by atoms with Crippen LogP contribution in [0.1, 0.15) is 52.9 Å². The molecule has 0 heterocycles. The van der Waals surface area contributed by atoms with Gasteiger partial charge in [0.2, 0.25) is 0 Å². The lowest BCUT2D eigenvalue weighted by atomic mass is 9.37. The molecule has 4 aliphatic rings. The Morgan fingerprint density at radius 2 is 1.33 bits per heavy atom. The van der Waals surface area contributed by atoms with Gasteiger partial charge in [0.25, 0.3) is 0 Å². The van der Waals surface area contributed by atoms with Crippen molar-refractivity contribution in [2.24, 2.45) is 27.7 Å². The highest BCUT2D eigenvalue weighted by atomic mass is 14.9. The van der Waals surface area contributed by atoms with Crippen molar-refractivity contribution in [3.63, 3.8) is 0 Å². The normalized spacial score (nSPS) is 67.4. The van der Waals surface area contributed by atoms with Crippen LogP contribution in [-0.2, 0) is 0 Å². The summed E-state index contributed by atoms with van der Waals surface area (Å²) in [4.78, 5) is 0. The summed E-state index contributed by atoms with van der Waals surface area (Å²) >= 11 is 0. The van der Waals surface area contributed by atoms with E-state index < -0.39 is 0 Å². The van der Waals surface area contributed by atoms with Gasteiger partial charge in [0, 0.05) is 11.6 Å². The summed E-state index contributed by atoms with van der Waals surface area (Å²) in [5.74, 6) is 0. The summed E-state index contributed by atoms with van der Waals surface area (Å²) in [6, 6.07) is 0.214. The zero-order valence-corrected chi connectivity index (χ0v) is 10.3. The molecule has 4 rings (SSSR count). The lowest BCUT2D eigenvalue weighted by Gasteiger charge is -2.70. The summed E-state index contributed by atoms with van der Waals surface area (Å²) in [5, 5.41) is 0. The van der Waals surface area contributed by atoms with E-state index in [-0.39, 0.29) is 11.6 Å². The maximum Gasteiger partial charge on any atom is 0.0323 e. The average molecular weight is 208 g/mol. The second-order valence-corrected chi connectivity index (χ2v) is 7.87. The van der Waals surface area contributed by atoms with Crippen LogP contribution in [0, 0.1) is 16.2 Å². The Labute approximate surface area is 92.8 Å². The Morgan fingerprint density at radius 3 is 1.73 bits per heavy atom. The van der Waals surface area contributed by atoms with Gasteiger partial charge in [0.05, 0.1) is 0 Å². The molecule has 15 heavy (non-hydrogen) atoms. The van der Waals surface area contributed by atoms with Gasteiger partial charge in [-0.25, -0.2) is 0 Å². The minimum Gasteiger partial charge on any atom is -0.326 e. The first-order chi connectivity index (χ1) is 6.69. The molecule has 0 radical (unpaired) electrons. The third kappa shape index (κ3) is 1.13. The lowest BCUT2D eigenvalue weighted by Crippen LogP contribution is -2.75. The molecule has 3 unspecified atom stereocenters. The largest absolute Gasteiger partial charge is 0.326 e. The molecule has 86 valence electrons. The molecule has 0 aromatic rings. The second kappa shape index (κ2) is 2.28. The van der Waals surface area contributed by atoms with Crippen molar-refractivity contribution >= 4 is 0 Å². The fourth-order valence-corrected chi connectivity index (χ4v) is 6.20. The van der Waals surface area contributed by atoms with Crippen molar-refractivity contribution in [1.29, 1.82) is 0 Å². The Kier molecular flexibility index (Phi) is 1.54. The topological polar surface area (TPSA) is 52.0 Å². The van der Waals surface area contributed by atoms with Crippen LogP contribution in [-0.4, -0.2) is 11.6 Å².